The zero-order valence-electron chi connectivity index (χ0n) is 13.1. The molecule has 0 radical (unpaired) electrons. The van der Waals surface area contributed by atoms with E-state index in [4.69, 9.17) is 0 Å². The van der Waals surface area contributed by atoms with Gasteiger partial charge in [-0.2, -0.15) is 0 Å². The lowest BCUT2D eigenvalue weighted by atomic mass is 10.1. The normalized spacial score (nSPS) is 19.2. The average molecular weight is 337 g/mol. The van der Waals surface area contributed by atoms with E-state index in [1.54, 1.807) is 0 Å². The van der Waals surface area contributed by atoms with Gasteiger partial charge in [-0.05, 0) is 36.6 Å². The molecule has 1 aromatic rings. The summed E-state index contributed by atoms with van der Waals surface area (Å²) in [6.45, 7) is 4.89. The summed E-state index contributed by atoms with van der Waals surface area (Å²) in [4.78, 5) is 28.2. The molecule has 0 aliphatic carbocycles. The number of benzene rings is 1. The molecule has 1 fully saturated rings. The van der Waals surface area contributed by atoms with Gasteiger partial charge in [-0.15, -0.1) is 0 Å². The third-order valence-electron chi connectivity index (χ3n) is 3.24. The van der Waals surface area contributed by atoms with Crippen LogP contribution in [-0.2, 0) is 9.59 Å². The SMILES string of the molecule is CC(C)CCN=C1NC(=O)[C@H](CC(=O)Nc2ccc(F)cc2)S1. The minimum absolute atomic E-state index is 0.0527. The molecule has 7 heteroatoms. The van der Waals surface area contributed by atoms with Gasteiger partial charge in [-0.1, -0.05) is 25.6 Å². The van der Waals surface area contributed by atoms with E-state index < -0.39 is 5.25 Å². The van der Waals surface area contributed by atoms with Gasteiger partial charge in [-0.3, -0.25) is 14.6 Å². The highest BCUT2D eigenvalue weighted by Gasteiger charge is 2.31. The first-order valence-electron chi connectivity index (χ1n) is 7.51. The van der Waals surface area contributed by atoms with Crippen LogP contribution in [0.5, 0.6) is 0 Å². The van der Waals surface area contributed by atoms with Crippen molar-refractivity contribution in [3.8, 4) is 0 Å². The van der Waals surface area contributed by atoms with Gasteiger partial charge >= 0.3 is 0 Å². The first kappa shape index (κ1) is 17.5. The summed E-state index contributed by atoms with van der Waals surface area (Å²) in [7, 11) is 0. The van der Waals surface area contributed by atoms with Crippen molar-refractivity contribution < 1.29 is 14.0 Å². The summed E-state index contributed by atoms with van der Waals surface area (Å²) < 4.78 is 12.8. The first-order chi connectivity index (χ1) is 10.9. The fourth-order valence-corrected chi connectivity index (χ4v) is 2.95. The number of amidine groups is 1. The molecule has 0 aromatic heterocycles. The second-order valence-electron chi connectivity index (χ2n) is 5.72. The number of aliphatic imine (C=N–C) groups is 1. The van der Waals surface area contributed by atoms with Crippen molar-refractivity contribution in [3.63, 3.8) is 0 Å². The number of hydrogen-bond donors (Lipinski definition) is 2. The molecule has 5 nitrogen and oxygen atoms in total. The molecule has 2 rings (SSSR count). The number of anilines is 1. The Morgan fingerprint density at radius 2 is 2.09 bits per heavy atom. The number of rotatable bonds is 6. The van der Waals surface area contributed by atoms with Crippen molar-refractivity contribution >= 4 is 34.4 Å². The molecule has 2 N–H and O–H groups in total. The summed E-state index contributed by atoms with van der Waals surface area (Å²) in [5.74, 6) is -0.296. The molecule has 1 heterocycles. The Labute approximate surface area is 139 Å². The van der Waals surface area contributed by atoms with E-state index in [0.29, 0.717) is 23.3 Å². The Bertz CT molecular complexity index is 602. The Morgan fingerprint density at radius 1 is 1.39 bits per heavy atom. The maximum absolute atomic E-state index is 12.8. The van der Waals surface area contributed by atoms with Crippen LogP contribution >= 0.6 is 11.8 Å². The molecule has 1 aliphatic heterocycles. The highest BCUT2D eigenvalue weighted by molar-refractivity contribution is 8.15. The van der Waals surface area contributed by atoms with E-state index in [-0.39, 0.29) is 24.1 Å². The molecule has 1 aliphatic rings. The van der Waals surface area contributed by atoms with Gasteiger partial charge in [0.2, 0.25) is 11.8 Å². The van der Waals surface area contributed by atoms with Gasteiger partial charge in [-0.25, -0.2) is 4.39 Å². The van der Waals surface area contributed by atoms with Crippen LogP contribution in [0.3, 0.4) is 0 Å². The fraction of sp³-hybridized carbons (Fsp3) is 0.438. The predicted octanol–water partition coefficient (Wildman–Crippen LogP) is 2.79. The van der Waals surface area contributed by atoms with Crippen LogP contribution in [0, 0.1) is 11.7 Å². The minimum Gasteiger partial charge on any atom is -0.326 e. The molecule has 1 saturated heterocycles. The summed E-state index contributed by atoms with van der Waals surface area (Å²) >= 11 is 1.28. The topological polar surface area (TPSA) is 70.6 Å². The first-order valence-corrected chi connectivity index (χ1v) is 8.39. The van der Waals surface area contributed by atoms with Crippen LogP contribution in [0.2, 0.25) is 0 Å². The number of carbonyl (C=O) groups is 2. The lowest BCUT2D eigenvalue weighted by Crippen LogP contribution is -2.28. The van der Waals surface area contributed by atoms with E-state index in [1.807, 2.05) is 0 Å². The summed E-state index contributed by atoms with van der Waals surface area (Å²) in [5, 5.41) is 5.45. The summed E-state index contributed by atoms with van der Waals surface area (Å²) in [6.07, 6.45) is 1.01. The van der Waals surface area contributed by atoms with Crippen molar-refractivity contribution in [3.05, 3.63) is 30.1 Å². The average Bonchev–Trinajstić information content (AvgIpc) is 2.81. The zero-order chi connectivity index (χ0) is 16.8. The third kappa shape index (κ3) is 5.67. The van der Waals surface area contributed by atoms with E-state index >= 15 is 0 Å². The number of thioether (sulfide) groups is 1. The minimum atomic E-state index is -0.478. The van der Waals surface area contributed by atoms with Gasteiger partial charge < -0.3 is 10.6 Å². The quantitative estimate of drug-likeness (QED) is 0.838. The van der Waals surface area contributed by atoms with Crippen LogP contribution in [0.15, 0.2) is 29.3 Å². The maximum Gasteiger partial charge on any atom is 0.240 e. The lowest BCUT2D eigenvalue weighted by molar-refractivity contribution is -0.122. The molecule has 0 bridgehead atoms. The third-order valence-corrected chi connectivity index (χ3v) is 4.36. The van der Waals surface area contributed by atoms with Crippen LogP contribution in [0.1, 0.15) is 26.7 Å². The molecular weight excluding hydrogens is 317 g/mol. The molecule has 1 aromatic carbocycles. The van der Waals surface area contributed by atoms with Crippen LogP contribution < -0.4 is 10.6 Å². The van der Waals surface area contributed by atoms with Gasteiger partial charge in [0, 0.05) is 18.7 Å². The maximum atomic E-state index is 12.8. The second kappa shape index (κ2) is 8.10. The van der Waals surface area contributed by atoms with Crippen molar-refractivity contribution in [2.75, 3.05) is 11.9 Å². The van der Waals surface area contributed by atoms with Gasteiger partial charge in [0.25, 0.3) is 0 Å². The van der Waals surface area contributed by atoms with Crippen LogP contribution in [-0.4, -0.2) is 28.8 Å². The summed E-state index contributed by atoms with van der Waals surface area (Å²) in [6, 6.07) is 5.50. The van der Waals surface area contributed by atoms with Gasteiger partial charge in [0.15, 0.2) is 5.17 Å². The predicted molar refractivity (Wildman–Crippen MR) is 90.9 cm³/mol. The van der Waals surface area contributed by atoms with Gasteiger partial charge in [0.1, 0.15) is 11.1 Å². The van der Waals surface area contributed by atoms with E-state index in [1.165, 1.54) is 36.0 Å². The van der Waals surface area contributed by atoms with Crippen LogP contribution in [0.4, 0.5) is 10.1 Å². The van der Waals surface area contributed by atoms with Crippen molar-refractivity contribution in [1.29, 1.82) is 0 Å². The monoisotopic (exact) mass is 337 g/mol. The molecule has 0 saturated carbocycles. The largest absolute Gasteiger partial charge is 0.326 e. The number of amides is 2. The summed E-state index contributed by atoms with van der Waals surface area (Å²) in [5.41, 5.74) is 0.505. The molecule has 124 valence electrons. The highest BCUT2D eigenvalue weighted by Crippen LogP contribution is 2.23. The molecule has 0 spiro atoms. The van der Waals surface area contributed by atoms with Crippen molar-refractivity contribution in [2.24, 2.45) is 10.9 Å². The standard InChI is InChI=1S/C16H20FN3O2S/c1-10(2)7-8-18-16-20-15(22)13(23-16)9-14(21)19-12-5-3-11(17)4-6-12/h3-6,10,13H,7-9H2,1-2H3,(H,19,21)(H,18,20,22)/t13-/m0/s1. The lowest BCUT2D eigenvalue weighted by Gasteiger charge is -2.07. The van der Waals surface area contributed by atoms with Crippen LogP contribution in [0.25, 0.3) is 0 Å². The molecule has 0 unspecified atom stereocenters. The molecule has 1 atom stereocenters. The molecular formula is C16H20FN3O2S. The Balaban J connectivity index is 1.84. The zero-order valence-corrected chi connectivity index (χ0v) is 14.0. The Hall–Kier alpha value is -1.89. The Kier molecular flexibility index (Phi) is 6.15. The number of halogens is 1. The van der Waals surface area contributed by atoms with E-state index in [2.05, 4.69) is 29.5 Å². The van der Waals surface area contributed by atoms with E-state index in [9.17, 15) is 14.0 Å². The Morgan fingerprint density at radius 3 is 2.74 bits per heavy atom. The fourth-order valence-electron chi connectivity index (χ4n) is 1.95. The second-order valence-corrected chi connectivity index (χ2v) is 6.92. The van der Waals surface area contributed by atoms with Crippen molar-refractivity contribution in [1.82, 2.24) is 5.32 Å². The highest BCUT2D eigenvalue weighted by atomic mass is 32.2. The van der Waals surface area contributed by atoms with E-state index in [0.717, 1.165) is 6.42 Å². The van der Waals surface area contributed by atoms with Gasteiger partial charge in [0.05, 0.1) is 0 Å². The number of hydrogen-bond acceptors (Lipinski definition) is 4. The number of nitrogens with one attached hydrogen (secondary N) is 2. The number of carbonyl (C=O) groups excluding carboxylic acids is 2. The van der Waals surface area contributed by atoms with Crippen molar-refractivity contribution in [2.45, 2.75) is 31.9 Å². The smallest absolute Gasteiger partial charge is 0.240 e. The molecule has 23 heavy (non-hydrogen) atoms. The number of nitrogens with zero attached hydrogens (tertiary/aromatic N) is 1. The molecule has 2 amide bonds.